The molecular weight excluding hydrogens is 280 g/mol. The Morgan fingerprint density at radius 2 is 1.55 bits per heavy atom. The summed E-state index contributed by atoms with van der Waals surface area (Å²) in [5.74, 6) is 1.04. The Kier molecular flexibility index (Phi) is 6.89. The Bertz CT molecular complexity index is 525. The summed E-state index contributed by atoms with van der Waals surface area (Å²) >= 11 is 0. The lowest BCUT2D eigenvalue weighted by atomic mass is 10.1. The van der Waals surface area contributed by atoms with Crippen LogP contribution >= 0.6 is 0 Å². The molecule has 2 N–H and O–H groups in total. The molecule has 0 fully saturated rings. The first-order valence-electron chi connectivity index (χ1n) is 7.59. The van der Waals surface area contributed by atoms with Crippen molar-refractivity contribution in [3.63, 3.8) is 0 Å². The summed E-state index contributed by atoms with van der Waals surface area (Å²) < 4.78 is 5.29. The van der Waals surface area contributed by atoms with Gasteiger partial charge in [0.25, 0.3) is 0 Å². The number of carbonyl (C=O) groups excluding carboxylic acids is 2. The van der Waals surface area contributed by atoms with E-state index in [1.165, 1.54) is 7.11 Å². The molecule has 0 saturated heterocycles. The zero-order valence-corrected chi connectivity index (χ0v) is 14.0. The molecule has 122 valence electrons. The van der Waals surface area contributed by atoms with Crippen LogP contribution in [0.25, 0.3) is 0 Å². The van der Waals surface area contributed by atoms with Crippen molar-refractivity contribution in [1.29, 1.82) is 0 Å². The maximum atomic E-state index is 11.8. The molecule has 0 atom stereocenters. The standard InChI is InChI=1S/C17H26N2O3/c1-11(2)8-16(20)18-13-6-7-14(15(10-13)22-5)19-17(21)9-12(3)4/h6-7,10-12H,8-9H2,1-5H3,(H,18,20)(H,19,21). The van der Waals surface area contributed by atoms with Crippen LogP contribution in [0.1, 0.15) is 40.5 Å². The predicted molar refractivity (Wildman–Crippen MR) is 89.2 cm³/mol. The third kappa shape index (κ3) is 6.16. The summed E-state index contributed by atoms with van der Waals surface area (Å²) in [5.41, 5.74) is 1.26. The SMILES string of the molecule is COc1cc(NC(=O)CC(C)C)ccc1NC(=O)CC(C)C. The van der Waals surface area contributed by atoms with Gasteiger partial charge in [0.05, 0.1) is 12.8 Å². The van der Waals surface area contributed by atoms with Crippen molar-refractivity contribution in [1.82, 2.24) is 0 Å². The van der Waals surface area contributed by atoms with Crippen molar-refractivity contribution in [3.05, 3.63) is 18.2 Å². The van der Waals surface area contributed by atoms with Crippen LogP contribution in [-0.2, 0) is 9.59 Å². The maximum absolute atomic E-state index is 11.8. The molecule has 0 bridgehead atoms. The summed E-state index contributed by atoms with van der Waals surface area (Å²) in [6.45, 7) is 7.97. The van der Waals surface area contributed by atoms with Crippen LogP contribution in [0.15, 0.2) is 18.2 Å². The van der Waals surface area contributed by atoms with Gasteiger partial charge in [0.2, 0.25) is 11.8 Å². The summed E-state index contributed by atoms with van der Waals surface area (Å²) in [5, 5.41) is 5.66. The second-order valence-electron chi connectivity index (χ2n) is 6.21. The monoisotopic (exact) mass is 306 g/mol. The summed E-state index contributed by atoms with van der Waals surface area (Å²) in [7, 11) is 1.53. The molecule has 5 nitrogen and oxygen atoms in total. The van der Waals surface area contributed by atoms with E-state index in [1.54, 1.807) is 18.2 Å². The molecule has 22 heavy (non-hydrogen) atoms. The predicted octanol–water partition coefficient (Wildman–Crippen LogP) is 3.66. The first-order chi connectivity index (χ1) is 10.3. The summed E-state index contributed by atoms with van der Waals surface area (Å²) in [6, 6.07) is 5.21. The molecule has 0 radical (unpaired) electrons. The molecular formula is C17H26N2O3. The third-order valence-electron chi connectivity index (χ3n) is 2.95. The van der Waals surface area contributed by atoms with Gasteiger partial charge in [-0.05, 0) is 24.0 Å². The molecule has 1 rings (SSSR count). The lowest BCUT2D eigenvalue weighted by Crippen LogP contribution is -2.16. The van der Waals surface area contributed by atoms with Crippen LogP contribution < -0.4 is 15.4 Å². The van der Waals surface area contributed by atoms with E-state index in [9.17, 15) is 9.59 Å². The van der Waals surface area contributed by atoms with Gasteiger partial charge in [0, 0.05) is 24.6 Å². The fourth-order valence-electron chi connectivity index (χ4n) is 2.03. The number of carbonyl (C=O) groups is 2. The minimum Gasteiger partial charge on any atom is -0.494 e. The number of ether oxygens (including phenoxy) is 1. The zero-order valence-electron chi connectivity index (χ0n) is 14.0. The zero-order chi connectivity index (χ0) is 16.7. The molecule has 1 aromatic carbocycles. The maximum Gasteiger partial charge on any atom is 0.224 e. The Hall–Kier alpha value is -2.04. The number of hydrogen-bond donors (Lipinski definition) is 2. The molecule has 0 unspecified atom stereocenters. The lowest BCUT2D eigenvalue weighted by Gasteiger charge is -2.13. The van der Waals surface area contributed by atoms with Crippen molar-refractivity contribution < 1.29 is 14.3 Å². The highest BCUT2D eigenvalue weighted by Gasteiger charge is 2.11. The highest BCUT2D eigenvalue weighted by atomic mass is 16.5. The van der Waals surface area contributed by atoms with E-state index in [1.807, 2.05) is 27.7 Å². The van der Waals surface area contributed by atoms with E-state index in [0.717, 1.165) is 0 Å². The van der Waals surface area contributed by atoms with E-state index in [4.69, 9.17) is 4.74 Å². The topological polar surface area (TPSA) is 67.4 Å². The molecule has 5 heteroatoms. The molecule has 0 aliphatic rings. The smallest absolute Gasteiger partial charge is 0.224 e. The van der Waals surface area contributed by atoms with Crippen LogP contribution in [0, 0.1) is 11.8 Å². The molecule has 2 amide bonds. The molecule has 0 spiro atoms. The van der Waals surface area contributed by atoms with Gasteiger partial charge < -0.3 is 15.4 Å². The van der Waals surface area contributed by atoms with Crippen molar-refractivity contribution in [2.45, 2.75) is 40.5 Å². The van der Waals surface area contributed by atoms with Gasteiger partial charge in [-0.3, -0.25) is 9.59 Å². The van der Waals surface area contributed by atoms with E-state index >= 15 is 0 Å². The molecule has 1 aromatic rings. The highest BCUT2D eigenvalue weighted by Crippen LogP contribution is 2.28. The average Bonchev–Trinajstić information content (AvgIpc) is 2.38. The minimum absolute atomic E-state index is 0.0337. The highest BCUT2D eigenvalue weighted by molar-refractivity contribution is 5.94. The molecule has 0 saturated carbocycles. The first kappa shape index (κ1) is 18.0. The van der Waals surface area contributed by atoms with Crippen molar-refractivity contribution in [2.24, 2.45) is 11.8 Å². The Labute approximate surface area is 132 Å². The number of methoxy groups -OCH3 is 1. The molecule has 0 heterocycles. The van der Waals surface area contributed by atoms with E-state index < -0.39 is 0 Å². The van der Waals surface area contributed by atoms with E-state index in [0.29, 0.717) is 41.8 Å². The first-order valence-corrected chi connectivity index (χ1v) is 7.59. The van der Waals surface area contributed by atoms with Gasteiger partial charge in [-0.1, -0.05) is 27.7 Å². The van der Waals surface area contributed by atoms with Crippen LogP contribution in [0.4, 0.5) is 11.4 Å². The van der Waals surface area contributed by atoms with Crippen molar-refractivity contribution in [2.75, 3.05) is 17.7 Å². The molecule has 0 aromatic heterocycles. The third-order valence-corrected chi connectivity index (χ3v) is 2.95. The lowest BCUT2D eigenvalue weighted by molar-refractivity contribution is -0.117. The van der Waals surface area contributed by atoms with Crippen LogP contribution in [0.5, 0.6) is 5.75 Å². The number of amides is 2. The van der Waals surface area contributed by atoms with Gasteiger partial charge in [-0.2, -0.15) is 0 Å². The van der Waals surface area contributed by atoms with Crippen LogP contribution in [0.3, 0.4) is 0 Å². The van der Waals surface area contributed by atoms with Gasteiger partial charge in [-0.15, -0.1) is 0 Å². The van der Waals surface area contributed by atoms with E-state index in [2.05, 4.69) is 10.6 Å². The Morgan fingerprint density at radius 3 is 2.05 bits per heavy atom. The summed E-state index contributed by atoms with van der Waals surface area (Å²) in [4.78, 5) is 23.6. The fraction of sp³-hybridized carbons (Fsp3) is 0.529. The average molecular weight is 306 g/mol. The van der Waals surface area contributed by atoms with Crippen LogP contribution in [0.2, 0.25) is 0 Å². The fourth-order valence-corrected chi connectivity index (χ4v) is 2.03. The number of anilines is 2. The number of benzene rings is 1. The number of rotatable bonds is 7. The van der Waals surface area contributed by atoms with Crippen molar-refractivity contribution >= 4 is 23.2 Å². The normalized spacial score (nSPS) is 10.7. The van der Waals surface area contributed by atoms with Gasteiger partial charge in [-0.25, -0.2) is 0 Å². The Balaban J connectivity index is 2.78. The summed E-state index contributed by atoms with van der Waals surface area (Å²) in [6.07, 6.45) is 0.922. The van der Waals surface area contributed by atoms with Gasteiger partial charge in [0.1, 0.15) is 5.75 Å². The Morgan fingerprint density at radius 1 is 1.00 bits per heavy atom. The second-order valence-corrected chi connectivity index (χ2v) is 6.21. The quantitative estimate of drug-likeness (QED) is 0.807. The number of nitrogens with one attached hydrogen (secondary N) is 2. The van der Waals surface area contributed by atoms with Crippen molar-refractivity contribution in [3.8, 4) is 5.75 Å². The molecule has 0 aliphatic heterocycles. The largest absolute Gasteiger partial charge is 0.494 e. The number of hydrogen-bond acceptors (Lipinski definition) is 3. The van der Waals surface area contributed by atoms with Gasteiger partial charge >= 0.3 is 0 Å². The van der Waals surface area contributed by atoms with Crippen LogP contribution in [-0.4, -0.2) is 18.9 Å². The second kappa shape index (κ2) is 8.41. The van der Waals surface area contributed by atoms with E-state index in [-0.39, 0.29) is 11.8 Å². The minimum atomic E-state index is -0.0510. The molecule has 0 aliphatic carbocycles. The van der Waals surface area contributed by atoms with Gasteiger partial charge in [0.15, 0.2) is 0 Å².